The molecule has 2 rings (SSSR count). The van der Waals surface area contributed by atoms with E-state index in [-0.39, 0.29) is 24.9 Å². The van der Waals surface area contributed by atoms with Gasteiger partial charge >= 0.3 is 0 Å². The fraction of sp³-hybridized carbons (Fsp3) is 0.375. The first-order valence-electron chi connectivity index (χ1n) is 4.64. The summed E-state index contributed by atoms with van der Waals surface area (Å²) in [7, 11) is 0. The zero-order valence-electron chi connectivity index (χ0n) is 8.41. The lowest BCUT2D eigenvalue weighted by molar-refractivity contribution is 0.0820. The van der Waals surface area contributed by atoms with Gasteiger partial charge in [0.25, 0.3) is 0 Å². The Hall–Kier alpha value is -1.93. The molecule has 86 valence electrons. The van der Waals surface area contributed by atoms with E-state index >= 15 is 0 Å². The van der Waals surface area contributed by atoms with E-state index in [0.29, 0.717) is 11.2 Å². The van der Waals surface area contributed by atoms with Crippen molar-refractivity contribution in [3.63, 3.8) is 0 Å². The first-order valence-corrected chi connectivity index (χ1v) is 4.64. The van der Waals surface area contributed by atoms with Crippen LogP contribution in [0.15, 0.2) is 6.33 Å². The van der Waals surface area contributed by atoms with Crippen molar-refractivity contribution in [3.8, 4) is 0 Å². The number of fused-ring (bicyclic) bond motifs is 1. The zero-order valence-corrected chi connectivity index (χ0v) is 8.41. The van der Waals surface area contributed by atoms with Gasteiger partial charge in [-0.1, -0.05) is 0 Å². The Morgan fingerprint density at radius 2 is 2.12 bits per heavy atom. The lowest BCUT2D eigenvalue weighted by atomic mass is 10.4. The zero-order chi connectivity index (χ0) is 11.7. The summed E-state index contributed by atoms with van der Waals surface area (Å²) in [6.45, 7) is -0.168. The predicted molar refractivity (Wildman–Crippen MR) is 57.2 cm³/mol. The summed E-state index contributed by atoms with van der Waals surface area (Å²) in [5.41, 5.74) is 11.9. The van der Waals surface area contributed by atoms with Crippen molar-refractivity contribution in [3.05, 3.63) is 6.33 Å². The average Bonchev–Trinajstić information content (AvgIpc) is 2.61. The van der Waals surface area contributed by atoms with Gasteiger partial charge in [0.1, 0.15) is 5.52 Å². The maximum atomic E-state index is 9.32. The minimum Gasteiger partial charge on any atom is -0.394 e. The molecule has 1 atom stereocenters. The lowest BCUT2D eigenvalue weighted by Crippen LogP contribution is -2.19. The maximum Gasteiger partial charge on any atom is 0.224 e. The lowest BCUT2D eigenvalue weighted by Gasteiger charge is -2.08. The van der Waals surface area contributed by atoms with E-state index in [0.717, 1.165) is 0 Å². The highest BCUT2D eigenvalue weighted by atomic mass is 16.3. The number of nitrogens with two attached hydrogens (primary N) is 2. The molecule has 2 heterocycles. The van der Waals surface area contributed by atoms with Gasteiger partial charge in [-0.3, -0.25) is 0 Å². The summed E-state index contributed by atoms with van der Waals surface area (Å²) < 4.78 is 1.56. The van der Waals surface area contributed by atoms with Gasteiger partial charge in [0.05, 0.1) is 25.6 Å². The molecule has 8 nitrogen and oxygen atoms in total. The Morgan fingerprint density at radius 1 is 1.38 bits per heavy atom. The predicted octanol–water partition coefficient (Wildman–Crippen LogP) is -1.66. The molecular weight excluding hydrogens is 212 g/mol. The fourth-order valence-corrected chi connectivity index (χ4v) is 1.40. The van der Waals surface area contributed by atoms with Crippen LogP contribution in [0.4, 0.5) is 11.8 Å². The number of aromatic nitrogens is 4. The van der Waals surface area contributed by atoms with E-state index in [1.165, 1.54) is 6.33 Å². The number of anilines is 2. The molecule has 0 saturated carbocycles. The Balaban J connectivity index is 2.47. The molecule has 2 aromatic heterocycles. The van der Waals surface area contributed by atoms with Crippen LogP contribution in [0.5, 0.6) is 0 Å². The first-order chi connectivity index (χ1) is 7.61. The minimum atomic E-state index is -0.880. The van der Waals surface area contributed by atoms with E-state index in [4.69, 9.17) is 16.6 Å². The van der Waals surface area contributed by atoms with E-state index < -0.39 is 6.10 Å². The highest BCUT2D eigenvalue weighted by Gasteiger charge is 2.12. The van der Waals surface area contributed by atoms with Gasteiger partial charge in [0, 0.05) is 0 Å². The van der Waals surface area contributed by atoms with E-state index in [1.807, 2.05) is 0 Å². The first kappa shape index (κ1) is 10.6. The SMILES string of the molecule is Nc1nc(N)c2ncn(C[C@H](O)CO)c2n1. The molecule has 0 radical (unpaired) electrons. The second-order valence-corrected chi connectivity index (χ2v) is 3.37. The van der Waals surface area contributed by atoms with Gasteiger partial charge in [0.15, 0.2) is 11.5 Å². The van der Waals surface area contributed by atoms with Crippen LogP contribution in [0.3, 0.4) is 0 Å². The van der Waals surface area contributed by atoms with Crippen molar-refractivity contribution in [2.75, 3.05) is 18.1 Å². The number of hydrogen-bond donors (Lipinski definition) is 4. The molecule has 0 bridgehead atoms. The van der Waals surface area contributed by atoms with Gasteiger partial charge < -0.3 is 26.2 Å². The Morgan fingerprint density at radius 3 is 2.81 bits per heavy atom. The molecule has 0 aliphatic carbocycles. The number of rotatable bonds is 3. The van der Waals surface area contributed by atoms with Gasteiger partial charge in [-0.2, -0.15) is 9.97 Å². The molecule has 0 aliphatic heterocycles. The largest absolute Gasteiger partial charge is 0.394 e. The maximum absolute atomic E-state index is 9.32. The third kappa shape index (κ3) is 1.75. The summed E-state index contributed by atoms with van der Waals surface area (Å²) in [6.07, 6.45) is 0.586. The quantitative estimate of drug-likeness (QED) is 0.490. The van der Waals surface area contributed by atoms with Gasteiger partial charge in [0.2, 0.25) is 5.95 Å². The Bertz CT molecular complexity index is 510. The van der Waals surface area contributed by atoms with Crippen molar-refractivity contribution >= 4 is 22.9 Å². The number of aliphatic hydroxyl groups is 2. The highest BCUT2D eigenvalue weighted by molar-refractivity contribution is 5.82. The molecule has 0 aliphatic rings. The van der Waals surface area contributed by atoms with Crippen molar-refractivity contribution in [1.29, 1.82) is 0 Å². The van der Waals surface area contributed by atoms with Crippen molar-refractivity contribution in [2.24, 2.45) is 0 Å². The summed E-state index contributed by atoms with van der Waals surface area (Å²) in [5.74, 6) is 0.241. The summed E-state index contributed by atoms with van der Waals surface area (Å²) >= 11 is 0. The topological polar surface area (TPSA) is 136 Å². The van der Waals surface area contributed by atoms with Crippen LogP contribution in [0.1, 0.15) is 0 Å². The van der Waals surface area contributed by atoms with Crippen LogP contribution in [0.25, 0.3) is 11.2 Å². The number of nitrogen functional groups attached to an aromatic ring is 2. The van der Waals surface area contributed by atoms with Gasteiger partial charge in [-0.25, -0.2) is 4.98 Å². The van der Waals surface area contributed by atoms with E-state index in [2.05, 4.69) is 15.0 Å². The normalized spacial score (nSPS) is 13.1. The number of hydrogen-bond acceptors (Lipinski definition) is 7. The molecule has 0 amide bonds. The second-order valence-electron chi connectivity index (χ2n) is 3.37. The Kier molecular flexibility index (Phi) is 2.59. The van der Waals surface area contributed by atoms with Crippen LogP contribution in [0, 0.1) is 0 Å². The van der Waals surface area contributed by atoms with Crippen molar-refractivity contribution in [1.82, 2.24) is 19.5 Å². The average molecular weight is 224 g/mol. The number of imidazole rings is 1. The number of nitrogens with zero attached hydrogens (tertiary/aromatic N) is 4. The molecule has 0 unspecified atom stereocenters. The van der Waals surface area contributed by atoms with Crippen molar-refractivity contribution < 1.29 is 10.2 Å². The molecule has 6 N–H and O–H groups in total. The third-order valence-electron chi connectivity index (χ3n) is 2.13. The molecule has 0 aromatic carbocycles. The second kappa shape index (κ2) is 3.91. The summed E-state index contributed by atoms with van der Waals surface area (Å²) in [4.78, 5) is 11.8. The highest BCUT2D eigenvalue weighted by Crippen LogP contribution is 2.16. The molecule has 2 aromatic rings. The van der Waals surface area contributed by atoms with E-state index in [9.17, 15) is 5.11 Å². The third-order valence-corrected chi connectivity index (χ3v) is 2.13. The van der Waals surface area contributed by atoms with Gasteiger partial charge in [-0.05, 0) is 0 Å². The molecule has 16 heavy (non-hydrogen) atoms. The molecule has 0 saturated heterocycles. The minimum absolute atomic E-state index is 0.0465. The van der Waals surface area contributed by atoms with Crippen molar-refractivity contribution in [2.45, 2.75) is 12.6 Å². The summed E-state index contributed by atoms with van der Waals surface area (Å²) in [6, 6.07) is 0. The monoisotopic (exact) mass is 224 g/mol. The van der Waals surface area contributed by atoms with Crippen LogP contribution >= 0.6 is 0 Å². The molecule has 0 spiro atoms. The van der Waals surface area contributed by atoms with E-state index in [1.54, 1.807) is 4.57 Å². The van der Waals surface area contributed by atoms with Crippen LogP contribution < -0.4 is 11.5 Å². The van der Waals surface area contributed by atoms with Crippen LogP contribution in [-0.2, 0) is 6.54 Å². The molecular formula is C8H12N6O2. The van der Waals surface area contributed by atoms with Crippen LogP contribution in [0.2, 0.25) is 0 Å². The fourth-order valence-electron chi connectivity index (χ4n) is 1.40. The standard InChI is InChI=1S/C8H12N6O2/c9-6-5-7(13-8(10)12-6)14(3-11-5)1-4(16)2-15/h3-4,15-16H,1-2H2,(H4,9,10,12,13)/t4-/m0/s1. The van der Waals surface area contributed by atoms with Crippen LogP contribution in [-0.4, -0.2) is 42.4 Å². The molecule has 0 fully saturated rings. The van der Waals surface area contributed by atoms with Gasteiger partial charge in [-0.15, -0.1) is 0 Å². The molecule has 8 heteroatoms. The number of aliphatic hydroxyl groups excluding tert-OH is 2. The Labute approximate surface area is 90.6 Å². The summed E-state index contributed by atoms with van der Waals surface area (Å²) in [5, 5.41) is 18.1. The smallest absolute Gasteiger partial charge is 0.224 e.